The zero-order chi connectivity index (χ0) is 12.8. The molecule has 2 saturated carbocycles. The van der Waals surface area contributed by atoms with Crippen molar-refractivity contribution in [1.82, 2.24) is 5.32 Å². The minimum atomic E-state index is -0.117. The van der Waals surface area contributed by atoms with Crippen molar-refractivity contribution in [3.05, 3.63) is 0 Å². The van der Waals surface area contributed by atoms with Crippen molar-refractivity contribution in [2.75, 3.05) is 13.7 Å². The van der Waals surface area contributed by atoms with Gasteiger partial charge in [0.05, 0.1) is 6.67 Å². The second-order valence-electron chi connectivity index (χ2n) is 6.51. The molecule has 0 amide bonds. The van der Waals surface area contributed by atoms with Gasteiger partial charge in [0.2, 0.25) is 0 Å². The first-order valence-corrected chi connectivity index (χ1v) is 8.06. The summed E-state index contributed by atoms with van der Waals surface area (Å²) in [5, 5.41) is 3.42. The van der Waals surface area contributed by atoms with E-state index in [1.165, 1.54) is 51.4 Å². The van der Waals surface area contributed by atoms with Crippen molar-refractivity contribution in [2.45, 2.75) is 70.3 Å². The Kier molecular flexibility index (Phi) is 5.94. The van der Waals surface area contributed by atoms with Crippen LogP contribution < -0.4 is 5.32 Å². The van der Waals surface area contributed by atoms with Crippen LogP contribution >= 0.6 is 0 Å². The Morgan fingerprint density at radius 3 is 1.94 bits per heavy atom. The summed E-state index contributed by atoms with van der Waals surface area (Å²) in [6.07, 6.45) is 13.1. The van der Waals surface area contributed by atoms with Crippen LogP contribution in [-0.2, 0) is 0 Å². The van der Waals surface area contributed by atoms with Crippen molar-refractivity contribution in [3.63, 3.8) is 0 Å². The number of halogens is 1. The van der Waals surface area contributed by atoms with E-state index in [0.717, 1.165) is 36.6 Å². The molecule has 0 radical (unpaired) electrons. The summed E-state index contributed by atoms with van der Waals surface area (Å²) in [6, 6.07) is 0.780. The van der Waals surface area contributed by atoms with E-state index in [1.807, 2.05) is 0 Å². The van der Waals surface area contributed by atoms with Crippen LogP contribution in [0.5, 0.6) is 0 Å². The van der Waals surface area contributed by atoms with E-state index in [4.69, 9.17) is 0 Å². The van der Waals surface area contributed by atoms with Crippen LogP contribution in [0.15, 0.2) is 0 Å². The summed E-state index contributed by atoms with van der Waals surface area (Å²) in [5.41, 5.74) is 0. The lowest BCUT2D eigenvalue weighted by molar-refractivity contribution is 0.151. The zero-order valence-corrected chi connectivity index (χ0v) is 12.0. The lowest BCUT2D eigenvalue weighted by atomic mass is 9.70. The molecule has 0 aromatic carbocycles. The van der Waals surface area contributed by atoms with Gasteiger partial charge in [-0.15, -0.1) is 0 Å². The van der Waals surface area contributed by atoms with E-state index in [9.17, 15) is 4.39 Å². The van der Waals surface area contributed by atoms with Gasteiger partial charge in [-0.2, -0.15) is 0 Å². The van der Waals surface area contributed by atoms with E-state index < -0.39 is 0 Å². The molecule has 18 heavy (non-hydrogen) atoms. The third kappa shape index (κ3) is 3.94. The largest absolute Gasteiger partial charge is 0.317 e. The molecule has 0 aromatic rings. The topological polar surface area (TPSA) is 12.0 Å². The predicted octanol–water partition coefficient (Wildman–Crippen LogP) is 4.32. The van der Waals surface area contributed by atoms with Gasteiger partial charge in [0.25, 0.3) is 0 Å². The Balaban J connectivity index is 1.67. The minimum Gasteiger partial charge on any atom is -0.317 e. The van der Waals surface area contributed by atoms with Gasteiger partial charge in [-0.25, -0.2) is 0 Å². The molecule has 0 saturated heterocycles. The maximum atomic E-state index is 12.2. The van der Waals surface area contributed by atoms with Gasteiger partial charge in [-0.1, -0.05) is 12.8 Å². The molecule has 2 heteroatoms. The Hall–Kier alpha value is -0.110. The molecule has 0 bridgehead atoms. The van der Waals surface area contributed by atoms with E-state index in [2.05, 4.69) is 12.4 Å². The lowest BCUT2D eigenvalue weighted by Gasteiger charge is -2.37. The van der Waals surface area contributed by atoms with Crippen LogP contribution in [0.3, 0.4) is 0 Å². The van der Waals surface area contributed by atoms with E-state index in [0.29, 0.717) is 0 Å². The Labute approximate surface area is 112 Å². The van der Waals surface area contributed by atoms with Crippen LogP contribution in [0.25, 0.3) is 0 Å². The number of hydrogen-bond acceptors (Lipinski definition) is 1. The van der Waals surface area contributed by atoms with Crippen molar-refractivity contribution >= 4 is 0 Å². The van der Waals surface area contributed by atoms with Crippen molar-refractivity contribution < 1.29 is 4.39 Å². The molecule has 2 fully saturated rings. The van der Waals surface area contributed by atoms with Crippen LogP contribution in [0.1, 0.15) is 64.2 Å². The predicted molar refractivity (Wildman–Crippen MR) is 75.5 cm³/mol. The van der Waals surface area contributed by atoms with Crippen molar-refractivity contribution in [2.24, 2.45) is 17.8 Å². The minimum absolute atomic E-state index is 0.117. The van der Waals surface area contributed by atoms with E-state index in [1.54, 1.807) is 0 Å². The van der Waals surface area contributed by atoms with E-state index in [-0.39, 0.29) is 6.67 Å². The Morgan fingerprint density at radius 1 is 0.889 bits per heavy atom. The molecule has 0 heterocycles. The molecule has 0 atom stereocenters. The normalized spacial score (nSPS) is 37.7. The fraction of sp³-hybridized carbons (Fsp3) is 1.00. The summed E-state index contributed by atoms with van der Waals surface area (Å²) in [5.74, 6) is 2.83. The second-order valence-corrected chi connectivity index (χ2v) is 6.51. The maximum Gasteiger partial charge on any atom is 0.0894 e. The number of rotatable bonds is 5. The smallest absolute Gasteiger partial charge is 0.0894 e. The molecule has 0 aliphatic heterocycles. The quantitative estimate of drug-likeness (QED) is 0.771. The molecule has 0 aromatic heterocycles. The van der Waals surface area contributed by atoms with Crippen molar-refractivity contribution in [3.8, 4) is 0 Å². The molecule has 0 unspecified atom stereocenters. The highest BCUT2D eigenvalue weighted by molar-refractivity contribution is 4.83. The third-order valence-corrected chi connectivity index (χ3v) is 5.48. The highest BCUT2D eigenvalue weighted by Gasteiger charge is 2.30. The molecular weight excluding hydrogens is 225 g/mol. The summed E-state index contributed by atoms with van der Waals surface area (Å²) in [6.45, 7) is -0.117. The fourth-order valence-electron chi connectivity index (χ4n) is 4.19. The fourth-order valence-corrected chi connectivity index (χ4v) is 4.19. The molecule has 106 valence electrons. The average Bonchev–Trinajstić information content (AvgIpc) is 2.46. The second kappa shape index (κ2) is 7.47. The van der Waals surface area contributed by atoms with Crippen LogP contribution in [0, 0.1) is 17.8 Å². The van der Waals surface area contributed by atoms with Gasteiger partial charge < -0.3 is 5.32 Å². The molecule has 1 nitrogen and oxygen atoms in total. The van der Waals surface area contributed by atoms with Gasteiger partial charge in [-0.05, 0) is 76.2 Å². The molecule has 2 aliphatic carbocycles. The molecule has 2 aliphatic rings. The summed E-state index contributed by atoms with van der Waals surface area (Å²) >= 11 is 0. The first-order chi connectivity index (χ1) is 8.83. The number of hydrogen-bond donors (Lipinski definition) is 1. The van der Waals surface area contributed by atoms with Gasteiger partial charge in [0, 0.05) is 6.04 Å². The Morgan fingerprint density at radius 2 is 1.44 bits per heavy atom. The first-order valence-electron chi connectivity index (χ1n) is 8.06. The Bertz CT molecular complexity index is 215. The van der Waals surface area contributed by atoms with Gasteiger partial charge >= 0.3 is 0 Å². The zero-order valence-electron chi connectivity index (χ0n) is 12.0. The lowest BCUT2D eigenvalue weighted by Crippen LogP contribution is -2.33. The van der Waals surface area contributed by atoms with E-state index >= 15 is 0 Å². The molecule has 1 N–H and O–H groups in total. The third-order valence-electron chi connectivity index (χ3n) is 5.48. The number of alkyl halides is 1. The highest BCUT2D eigenvalue weighted by Crippen LogP contribution is 2.40. The van der Waals surface area contributed by atoms with Crippen LogP contribution in [0.4, 0.5) is 4.39 Å². The number of nitrogens with one attached hydrogen (secondary N) is 1. The summed E-state index contributed by atoms with van der Waals surface area (Å²) < 4.78 is 12.2. The first kappa shape index (κ1) is 14.3. The van der Waals surface area contributed by atoms with Gasteiger partial charge in [-0.3, -0.25) is 4.39 Å². The summed E-state index contributed by atoms with van der Waals surface area (Å²) in [4.78, 5) is 0. The van der Waals surface area contributed by atoms with Gasteiger partial charge in [0.1, 0.15) is 0 Å². The molecule has 0 spiro atoms. The van der Waals surface area contributed by atoms with Crippen LogP contribution in [0.2, 0.25) is 0 Å². The SMILES string of the molecule is CNC1CCC(C2CCC(CCCF)CC2)CC1. The van der Waals surface area contributed by atoms with Crippen LogP contribution in [-0.4, -0.2) is 19.8 Å². The standard InChI is InChI=1S/C16H30FN/c1-18-16-10-8-15(9-11-16)14-6-4-13(5-7-14)3-2-12-17/h13-16,18H,2-12H2,1H3. The van der Waals surface area contributed by atoms with Crippen molar-refractivity contribution in [1.29, 1.82) is 0 Å². The highest BCUT2D eigenvalue weighted by atomic mass is 19.1. The molecular formula is C16H30FN. The average molecular weight is 255 g/mol. The van der Waals surface area contributed by atoms with Gasteiger partial charge in [0.15, 0.2) is 0 Å². The summed E-state index contributed by atoms with van der Waals surface area (Å²) in [7, 11) is 2.10. The maximum absolute atomic E-state index is 12.2. The molecule has 2 rings (SSSR count). The monoisotopic (exact) mass is 255 g/mol.